The fourth-order valence-electron chi connectivity index (χ4n) is 1.44. The van der Waals surface area contributed by atoms with Crippen LogP contribution in [0.25, 0.3) is 0 Å². The van der Waals surface area contributed by atoms with Crippen molar-refractivity contribution < 1.29 is 9.84 Å². The number of hydrogen-bond donors (Lipinski definition) is 2. The molecular weight excluding hydrogens is 216 g/mol. The van der Waals surface area contributed by atoms with Gasteiger partial charge in [-0.25, -0.2) is 0 Å². The minimum Gasteiger partial charge on any atom is -0.504 e. The van der Waals surface area contributed by atoms with E-state index in [0.717, 1.165) is 5.69 Å². The molecule has 17 heavy (non-hydrogen) atoms. The quantitative estimate of drug-likeness (QED) is 0.841. The van der Waals surface area contributed by atoms with Crippen LogP contribution in [-0.2, 0) is 0 Å². The lowest BCUT2D eigenvalue weighted by Crippen LogP contribution is -2.20. The number of ether oxygens (including phenoxy) is 1. The first-order valence-electron chi connectivity index (χ1n) is 5.34. The molecule has 0 spiro atoms. The van der Waals surface area contributed by atoms with E-state index < -0.39 is 0 Å². The molecule has 1 unspecified atom stereocenters. The first-order valence-corrected chi connectivity index (χ1v) is 5.34. The van der Waals surface area contributed by atoms with Gasteiger partial charge < -0.3 is 15.6 Å². The maximum absolute atomic E-state index is 9.51. The van der Waals surface area contributed by atoms with Gasteiger partial charge in [0.05, 0.1) is 11.7 Å². The Morgan fingerprint density at radius 2 is 1.94 bits per heavy atom. The normalized spacial score (nSPS) is 12.1. The summed E-state index contributed by atoms with van der Waals surface area (Å²) in [6, 6.07) is 12.0. The maximum atomic E-state index is 9.51. The van der Waals surface area contributed by atoms with E-state index in [2.05, 4.69) is 4.98 Å². The highest BCUT2D eigenvalue weighted by Gasteiger charge is 2.09. The van der Waals surface area contributed by atoms with Gasteiger partial charge in [-0.05, 0) is 24.3 Å². The van der Waals surface area contributed by atoms with Crippen LogP contribution in [0, 0.1) is 0 Å². The Balaban J connectivity index is 1.97. The smallest absolute Gasteiger partial charge is 0.161 e. The van der Waals surface area contributed by atoms with Gasteiger partial charge in [-0.15, -0.1) is 0 Å². The van der Waals surface area contributed by atoms with Crippen LogP contribution in [0.1, 0.15) is 11.7 Å². The van der Waals surface area contributed by atoms with E-state index in [4.69, 9.17) is 10.5 Å². The third-order valence-corrected chi connectivity index (χ3v) is 2.35. The topological polar surface area (TPSA) is 68.4 Å². The number of rotatable bonds is 4. The Morgan fingerprint density at radius 3 is 2.65 bits per heavy atom. The fourth-order valence-corrected chi connectivity index (χ4v) is 1.44. The van der Waals surface area contributed by atoms with E-state index in [9.17, 15) is 5.11 Å². The van der Waals surface area contributed by atoms with Crippen LogP contribution in [-0.4, -0.2) is 16.7 Å². The summed E-state index contributed by atoms with van der Waals surface area (Å²) in [6.45, 7) is 0.272. The van der Waals surface area contributed by atoms with E-state index in [0.29, 0.717) is 5.75 Å². The number of nitrogens with two attached hydrogens (primary N) is 1. The first kappa shape index (κ1) is 11.4. The third kappa shape index (κ3) is 2.95. The summed E-state index contributed by atoms with van der Waals surface area (Å²) in [7, 11) is 0. The predicted molar refractivity (Wildman–Crippen MR) is 64.8 cm³/mol. The maximum Gasteiger partial charge on any atom is 0.161 e. The van der Waals surface area contributed by atoms with E-state index in [1.54, 1.807) is 30.5 Å². The second kappa shape index (κ2) is 5.32. The number of phenols is 1. The van der Waals surface area contributed by atoms with Crippen LogP contribution in [0.3, 0.4) is 0 Å². The summed E-state index contributed by atoms with van der Waals surface area (Å²) in [6.07, 6.45) is 1.69. The van der Waals surface area contributed by atoms with Crippen molar-refractivity contribution in [3.05, 3.63) is 54.4 Å². The highest BCUT2D eigenvalue weighted by Crippen LogP contribution is 2.25. The molecule has 1 heterocycles. The van der Waals surface area contributed by atoms with Gasteiger partial charge in [0.1, 0.15) is 6.61 Å². The predicted octanol–water partition coefficient (Wildman–Crippen LogP) is 1.87. The van der Waals surface area contributed by atoms with Crippen molar-refractivity contribution in [1.82, 2.24) is 4.98 Å². The summed E-state index contributed by atoms with van der Waals surface area (Å²) in [5, 5.41) is 9.51. The van der Waals surface area contributed by atoms with Crippen LogP contribution >= 0.6 is 0 Å². The zero-order valence-corrected chi connectivity index (χ0v) is 9.28. The van der Waals surface area contributed by atoms with Crippen LogP contribution < -0.4 is 10.5 Å². The van der Waals surface area contributed by atoms with E-state index in [-0.39, 0.29) is 18.4 Å². The van der Waals surface area contributed by atoms with Crippen molar-refractivity contribution >= 4 is 0 Å². The van der Waals surface area contributed by atoms with E-state index in [1.807, 2.05) is 18.2 Å². The Hall–Kier alpha value is -2.07. The molecule has 1 atom stereocenters. The third-order valence-electron chi connectivity index (χ3n) is 2.35. The summed E-state index contributed by atoms with van der Waals surface area (Å²) >= 11 is 0. The van der Waals surface area contributed by atoms with E-state index >= 15 is 0 Å². The van der Waals surface area contributed by atoms with Gasteiger partial charge in [-0.3, -0.25) is 4.98 Å². The SMILES string of the molecule is NC(COc1ccccc1O)c1ccccn1. The lowest BCUT2D eigenvalue weighted by Gasteiger charge is -2.13. The molecule has 0 bridgehead atoms. The van der Waals surface area contributed by atoms with Crippen molar-refractivity contribution in [2.24, 2.45) is 5.73 Å². The summed E-state index contributed by atoms with van der Waals surface area (Å²) < 4.78 is 5.44. The number of hydrogen-bond acceptors (Lipinski definition) is 4. The minimum atomic E-state index is -0.309. The molecule has 0 saturated heterocycles. The molecule has 4 nitrogen and oxygen atoms in total. The van der Waals surface area contributed by atoms with Gasteiger partial charge in [0, 0.05) is 6.20 Å². The molecule has 0 radical (unpaired) electrons. The van der Waals surface area contributed by atoms with Crippen molar-refractivity contribution in [2.75, 3.05) is 6.61 Å². The second-order valence-electron chi connectivity index (χ2n) is 3.64. The lowest BCUT2D eigenvalue weighted by atomic mass is 10.2. The molecule has 88 valence electrons. The summed E-state index contributed by atoms with van der Waals surface area (Å²) in [5.74, 6) is 0.541. The largest absolute Gasteiger partial charge is 0.504 e. The number of aromatic hydroxyl groups is 1. The second-order valence-corrected chi connectivity index (χ2v) is 3.64. The van der Waals surface area contributed by atoms with Crippen LogP contribution in [0.2, 0.25) is 0 Å². The lowest BCUT2D eigenvalue weighted by molar-refractivity contribution is 0.275. The summed E-state index contributed by atoms with van der Waals surface area (Å²) in [5.41, 5.74) is 6.69. The Kier molecular flexibility index (Phi) is 3.57. The molecular formula is C13H14N2O2. The van der Waals surface area contributed by atoms with Crippen molar-refractivity contribution in [3.63, 3.8) is 0 Å². The van der Waals surface area contributed by atoms with Crippen molar-refractivity contribution in [3.8, 4) is 11.5 Å². The fraction of sp³-hybridized carbons (Fsp3) is 0.154. The number of aromatic nitrogens is 1. The first-order chi connectivity index (χ1) is 8.27. The van der Waals surface area contributed by atoms with Gasteiger partial charge in [0.15, 0.2) is 11.5 Å². The molecule has 2 aromatic rings. The average Bonchev–Trinajstić information content (AvgIpc) is 2.38. The van der Waals surface area contributed by atoms with Gasteiger partial charge in [-0.1, -0.05) is 18.2 Å². The number of para-hydroxylation sites is 2. The van der Waals surface area contributed by atoms with E-state index in [1.165, 1.54) is 0 Å². The number of phenolic OH excluding ortho intramolecular Hbond substituents is 1. The Labute approximate surface area is 99.7 Å². The van der Waals surface area contributed by atoms with Gasteiger partial charge in [0.2, 0.25) is 0 Å². The molecule has 0 amide bonds. The molecule has 0 fully saturated rings. The number of pyridine rings is 1. The molecule has 0 aliphatic rings. The number of benzene rings is 1. The van der Waals surface area contributed by atoms with Gasteiger partial charge in [0.25, 0.3) is 0 Å². The Bertz CT molecular complexity index is 474. The standard InChI is InChI=1S/C13H14N2O2/c14-10(11-5-3-4-8-15-11)9-17-13-7-2-1-6-12(13)16/h1-8,10,16H,9,14H2. The monoisotopic (exact) mass is 230 g/mol. The molecule has 3 N–H and O–H groups in total. The molecule has 1 aromatic heterocycles. The molecule has 0 aliphatic heterocycles. The minimum absolute atomic E-state index is 0.112. The van der Waals surface area contributed by atoms with Gasteiger partial charge in [-0.2, -0.15) is 0 Å². The molecule has 4 heteroatoms. The summed E-state index contributed by atoms with van der Waals surface area (Å²) in [4.78, 5) is 4.15. The highest BCUT2D eigenvalue weighted by atomic mass is 16.5. The van der Waals surface area contributed by atoms with Crippen molar-refractivity contribution in [1.29, 1.82) is 0 Å². The van der Waals surface area contributed by atoms with Crippen molar-refractivity contribution in [2.45, 2.75) is 6.04 Å². The van der Waals surface area contributed by atoms with Crippen LogP contribution in [0.5, 0.6) is 11.5 Å². The molecule has 2 rings (SSSR count). The molecule has 0 aliphatic carbocycles. The highest BCUT2D eigenvalue weighted by molar-refractivity contribution is 5.37. The Morgan fingerprint density at radius 1 is 1.18 bits per heavy atom. The molecule has 0 saturated carbocycles. The van der Waals surface area contributed by atoms with Crippen LogP contribution in [0.4, 0.5) is 0 Å². The average molecular weight is 230 g/mol. The van der Waals surface area contributed by atoms with Gasteiger partial charge >= 0.3 is 0 Å². The zero-order valence-electron chi connectivity index (χ0n) is 9.28. The number of nitrogens with zero attached hydrogens (tertiary/aromatic N) is 1. The molecule has 1 aromatic carbocycles. The zero-order chi connectivity index (χ0) is 12.1. The van der Waals surface area contributed by atoms with Crippen LogP contribution in [0.15, 0.2) is 48.7 Å².